The molecule has 1 saturated heterocycles. The van der Waals surface area contributed by atoms with Crippen molar-refractivity contribution in [3.8, 4) is 18.4 Å². The number of nitrogens with zero attached hydrogens (tertiary/aromatic N) is 2. The normalized spacial score (nSPS) is 14.0. The van der Waals surface area contributed by atoms with Crippen molar-refractivity contribution in [2.24, 2.45) is 7.05 Å². The lowest BCUT2D eigenvalue weighted by atomic mass is 9.97. The lowest BCUT2D eigenvalue weighted by Gasteiger charge is -2.37. The molecule has 1 aliphatic heterocycles. The zero-order chi connectivity index (χ0) is 22.9. The fraction of sp³-hybridized carbons (Fsp3) is 0.238. The number of hydrogen-bond acceptors (Lipinski definition) is 5. The predicted molar refractivity (Wildman–Crippen MR) is 109 cm³/mol. The number of benzene rings is 1. The minimum Gasteiger partial charge on any atom is -0.374 e. The summed E-state index contributed by atoms with van der Waals surface area (Å²) in [6.07, 6.45) is 5.40. The molecule has 2 aromatic rings. The Morgan fingerprint density at radius 3 is 2.58 bits per heavy atom. The molecule has 0 aliphatic carbocycles. The molecule has 10 heteroatoms. The number of rotatable bonds is 5. The molecule has 1 aromatic carbocycles. The van der Waals surface area contributed by atoms with E-state index in [4.69, 9.17) is 28.0 Å². The number of ketones is 1. The molecule has 158 valence electrons. The van der Waals surface area contributed by atoms with Gasteiger partial charge in [-0.2, -0.15) is 5.26 Å². The predicted octanol–water partition coefficient (Wildman–Crippen LogP) is 1.95. The van der Waals surface area contributed by atoms with E-state index in [1.54, 1.807) is 6.07 Å². The van der Waals surface area contributed by atoms with Crippen LogP contribution in [0.25, 0.3) is 0 Å². The van der Waals surface area contributed by atoms with Crippen molar-refractivity contribution in [3.05, 3.63) is 51.6 Å². The van der Waals surface area contributed by atoms with E-state index in [9.17, 15) is 18.8 Å². The fourth-order valence-electron chi connectivity index (χ4n) is 3.14. The highest BCUT2D eigenvalue weighted by atomic mass is 35.5. The molecule has 3 rings (SSSR count). The number of nitrogens with one attached hydrogen (secondary N) is 2. The number of hydrogen-bond donors (Lipinski definition) is 2. The smallest absolute Gasteiger partial charge is 0.293 e. The van der Waals surface area contributed by atoms with Gasteiger partial charge in [0.2, 0.25) is 0 Å². The summed E-state index contributed by atoms with van der Waals surface area (Å²) >= 11 is 6.25. The number of anilines is 1. The number of halogens is 2. The number of carbonyl (C=O) groups excluding carboxylic acids is 3. The molecule has 0 radical (unpaired) electrons. The zero-order valence-electron chi connectivity index (χ0n) is 16.5. The summed E-state index contributed by atoms with van der Waals surface area (Å²) < 4.78 is 19.8. The first-order chi connectivity index (χ1) is 14.6. The van der Waals surface area contributed by atoms with Gasteiger partial charge in [0.15, 0.2) is 0 Å². The molecule has 2 N–H and O–H groups in total. The van der Waals surface area contributed by atoms with Gasteiger partial charge < -0.3 is 19.9 Å². The fourth-order valence-corrected chi connectivity index (χ4v) is 3.45. The molecule has 0 saturated carbocycles. The first-order valence-electron chi connectivity index (χ1n) is 8.92. The van der Waals surface area contributed by atoms with Crippen molar-refractivity contribution in [3.63, 3.8) is 0 Å². The maximum atomic E-state index is 13.5. The molecular weight excluding hydrogens is 427 g/mol. The molecule has 1 aliphatic rings. The van der Waals surface area contributed by atoms with Crippen LogP contribution >= 0.6 is 11.6 Å². The minimum atomic E-state index is -1.05. The quantitative estimate of drug-likeness (QED) is 0.417. The number of aromatic nitrogens is 1. The van der Waals surface area contributed by atoms with Gasteiger partial charge >= 0.3 is 0 Å². The summed E-state index contributed by atoms with van der Waals surface area (Å²) in [5.74, 6) is -0.913. The van der Waals surface area contributed by atoms with Crippen LogP contribution in [0.15, 0.2) is 18.2 Å². The van der Waals surface area contributed by atoms with Gasteiger partial charge in [0.25, 0.3) is 17.6 Å². The maximum absolute atomic E-state index is 13.5. The van der Waals surface area contributed by atoms with E-state index < -0.39 is 29.0 Å². The van der Waals surface area contributed by atoms with Gasteiger partial charge in [-0.25, -0.2) is 4.39 Å². The lowest BCUT2D eigenvalue weighted by Crippen LogP contribution is -2.62. The number of ether oxygens (including phenoxy) is 1. The Labute approximate surface area is 181 Å². The molecule has 1 aromatic heterocycles. The average molecular weight is 443 g/mol. The first-order valence-corrected chi connectivity index (χ1v) is 9.30. The van der Waals surface area contributed by atoms with Gasteiger partial charge in [-0.15, -0.1) is 6.42 Å². The van der Waals surface area contributed by atoms with E-state index in [1.165, 1.54) is 30.7 Å². The van der Waals surface area contributed by atoms with E-state index in [0.717, 1.165) is 6.07 Å². The summed E-state index contributed by atoms with van der Waals surface area (Å²) in [5.41, 5.74) is -1.07. The Hall–Kier alpha value is -3.66. The maximum Gasteiger partial charge on any atom is 0.293 e. The van der Waals surface area contributed by atoms with E-state index in [-0.39, 0.29) is 46.4 Å². The summed E-state index contributed by atoms with van der Waals surface area (Å²) in [6, 6.07) is 5.18. The minimum absolute atomic E-state index is 0.0163. The highest BCUT2D eigenvalue weighted by Gasteiger charge is 2.40. The van der Waals surface area contributed by atoms with Gasteiger partial charge in [0.1, 0.15) is 28.3 Å². The molecule has 1 fully saturated rings. The molecule has 8 nitrogen and oxygen atoms in total. The molecule has 0 bridgehead atoms. The summed E-state index contributed by atoms with van der Waals surface area (Å²) in [6.45, 7) is 1.64. The van der Waals surface area contributed by atoms with Gasteiger partial charge in [0, 0.05) is 12.7 Å². The first kappa shape index (κ1) is 22.0. The van der Waals surface area contributed by atoms with Crippen LogP contribution in [0.2, 0.25) is 5.15 Å². The van der Waals surface area contributed by atoms with E-state index >= 15 is 0 Å². The number of Topliss-reactive ketones (excluding diaryl/α,β-unsaturated/α-hetero) is 1. The van der Waals surface area contributed by atoms with Crippen LogP contribution in [0.1, 0.15) is 32.0 Å². The summed E-state index contributed by atoms with van der Waals surface area (Å²) in [7, 11) is 1.45. The van der Waals surface area contributed by atoms with Crippen LogP contribution in [-0.4, -0.2) is 40.9 Å². The third-order valence-corrected chi connectivity index (χ3v) is 5.33. The van der Waals surface area contributed by atoms with Gasteiger partial charge in [-0.1, -0.05) is 17.5 Å². The number of nitriles is 1. The summed E-state index contributed by atoms with van der Waals surface area (Å²) in [5, 5.41) is 13.8. The number of amides is 2. The van der Waals surface area contributed by atoms with Crippen molar-refractivity contribution in [2.75, 3.05) is 18.5 Å². The zero-order valence-corrected chi connectivity index (χ0v) is 17.3. The van der Waals surface area contributed by atoms with Gasteiger partial charge in [0.05, 0.1) is 24.3 Å². The molecule has 0 atom stereocenters. The average Bonchev–Trinajstić information content (AvgIpc) is 2.93. The standard InChI is InChI=1S/C21H16ClFN4O4/c1-4-21(9-31-10-21)26-20(30)17(28)15-11(2)16(27(3)18(15)22)19(29)25-13-5-6-14(23)12(7-13)8-24/h1,5-7H,9-10H2,2-3H3,(H,25,29)(H,26,30). The third kappa shape index (κ3) is 3.89. The van der Waals surface area contributed by atoms with Crippen LogP contribution in [0.5, 0.6) is 0 Å². The molecule has 31 heavy (non-hydrogen) atoms. The van der Waals surface area contributed by atoms with Crippen LogP contribution in [0.3, 0.4) is 0 Å². The molecule has 0 spiro atoms. The Kier molecular flexibility index (Phi) is 5.85. The monoisotopic (exact) mass is 442 g/mol. The second-order valence-corrected chi connectivity index (χ2v) is 7.32. The largest absolute Gasteiger partial charge is 0.374 e. The van der Waals surface area contributed by atoms with E-state index in [1.807, 2.05) is 0 Å². The Balaban J connectivity index is 1.89. The topological polar surface area (TPSA) is 113 Å². The van der Waals surface area contributed by atoms with Gasteiger partial charge in [-0.3, -0.25) is 14.4 Å². The second kappa shape index (κ2) is 8.23. The van der Waals surface area contributed by atoms with Gasteiger partial charge in [-0.05, 0) is 30.7 Å². The Bertz CT molecular complexity index is 1200. The highest BCUT2D eigenvalue weighted by molar-refractivity contribution is 6.47. The van der Waals surface area contributed by atoms with Crippen LogP contribution < -0.4 is 10.6 Å². The lowest BCUT2D eigenvalue weighted by molar-refractivity contribution is -0.124. The highest BCUT2D eigenvalue weighted by Crippen LogP contribution is 2.28. The van der Waals surface area contributed by atoms with Crippen molar-refractivity contribution in [1.29, 1.82) is 5.26 Å². The van der Waals surface area contributed by atoms with E-state index in [0.29, 0.717) is 0 Å². The molecule has 2 amide bonds. The molecular formula is C21H16ClFN4O4. The van der Waals surface area contributed by atoms with Crippen molar-refractivity contribution >= 4 is 34.9 Å². The van der Waals surface area contributed by atoms with Crippen molar-refractivity contribution in [1.82, 2.24) is 9.88 Å². The Morgan fingerprint density at radius 1 is 1.35 bits per heavy atom. The van der Waals surface area contributed by atoms with Crippen LogP contribution in [0.4, 0.5) is 10.1 Å². The van der Waals surface area contributed by atoms with Crippen LogP contribution in [-0.2, 0) is 16.6 Å². The van der Waals surface area contributed by atoms with Crippen LogP contribution in [0, 0.1) is 36.4 Å². The molecule has 0 unspecified atom stereocenters. The third-order valence-electron chi connectivity index (χ3n) is 4.89. The van der Waals surface area contributed by atoms with E-state index in [2.05, 4.69) is 16.6 Å². The second-order valence-electron chi connectivity index (χ2n) is 6.96. The van der Waals surface area contributed by atoms with Crippen molar-refractivity contribution in [2.45, 2.75) is 12.5 Å². The number of terminal acetylenes is 1. The molecule has 2 heterocycles. The number of carbonyl (C=O) groups is 3. The SMILES string of the molecule is C#CC1(NC(=O)C(=O)c2c(C)c(C(=O)Nc3ccc(F)c(C#N)c3)n(C)c2Cl)COC1. The summed E-state index contributed by atoms with van der Waals surface area (Å²) in [4.78, 5) is 38.0. The van der Waals surface area contributed by atoms with Crippen molar-refractivity contribution < 1.29 is 23.5 Å². The Morgan fingerprint density at radius 2 is 2.03 bits per heavy atom.